The van der Waals surface area contributed by atoms with Crippen molar-refractivity contribution >= 4 is 28.3 Å². The van der Waals surface area contributed by atoms with Gasteiger partial charge in [0.05, 0.1) is 39.0 Å². The van der Waals surface area contributed by atoms with Crippen molar-refractivity contribution in [2.45, 2.75) is 26.8 Å². The summed E-state index contributed by atoms with van der Waals surface area (Å²) in [7, 11) is 0. The maximum absolute atomic E-state index is 13.3. The van der Waals surface area contributed by atoms with Gasteiger partial charge in [-0.2, -0.15) is 5.10 Å². The van der Waals surface area contributed by atoms with Crippen molar-refractivity contribution < 1.29 is 9.72 Å². The number of rotatable bonds is 5. The summed E-state index contributed by atoms with van der Waals surface area (Å²) in [4.78, 5) is 28.8. The Morgan fingerprint density at radius 3 is 2.55 bits per heavy atom. The van der Waals surface area contributed by atoms with Gasteiger partial charge in [0.25, 0.3) is 11.6 Å². The number of carbonyl (C=O) groups is 1. The highest BCUT2D eigenvalue weighted by Crippen LogP contribution is 2.29. The molecule has 0 aliphatic heterocycles. The lowest BCUT2D eigenvalue weighted by atomic mass is 10.1. The molecule has 8 heteroatoms. The van der Waals surface area contributed by atoms with Crippen LogP contribution in [0.1, 0.15) is 35.8 Å². The lowest BCUT2D eigenvalue weighted by molar-refractivity contribution is -0.385. The molecule has 0 unspecified atom stereocenters. The second-order valence-corrected chi connectivity index (χ2v) is 7.50. The maximum atomic E-state index is 13.3. The van der Waals surface area contributed by atoms with Gasteiger partial charge in [0, 0.05) is 17.7 Å². The van der Waals surface area contributed by atoms with E-state index in [0.29, 0.717) is 33.5 Å². The van der Waals surface area contributed by atoms with Gasteiger partial charge in [0.1, 0.15) is 0 Å². The number of aromatic nitrogens is 3. The van der Waals surface area contributed by atoms with Crippen LogP contribution in [0.3, 0.4) is 0 Å². The predicted octanol–water partition coefficient (Wildman–Crippen LogP) is 5.15. The SMILES string of the molecule is Cc1c(NC(=O)c2cc(-c3ccccc3)nc3c2cnn3C(C)C)cccc1[N+](=O)[O-]. The number of hydrogen-bond donors (Lipinski definition) is 1. The number of hydrogen-bond acceptors (Lipinski definition) is 5. The Bertz CT molecular complexity index is 1300. The van der Waals surface area contributed by atoms with Gasteiger partial charge in [0.2, 0.25) is 0 Å². The minimum Gasteiger partial charge on any atom is -0.321 e. The van der Waals surface area contributed by atoms with Crippen molar-refractivity contribution in [3.63, 3.8) is 0 Å². The van der Waals surface area contributed by atoms with E-state index >= 15 is 0 Å². The summed E-state index contributed by atoms with van der Waals surface area (Å²) in [6.45, 7) is 5.60. The van der Waals surface area contributed by atoms with Crippen LogP contribution >= 0.6 is 0 Å². The molecule has 1 N–H and O–H groups in total. The number of pyridine rings is 1. The van der Waals surface area contributed by atoms with Crippen molar-refractivity contribution in [3.05, 3.63) is 82.0 Å². The normalized spacial score (nSPS) is 11.1. The molecule has 0 bridgehead atoms. The highest BCUT2D eigenvalue weighted by Gasteiger charge is 2.20. The van der Waals surface area contributed by atoms with Crippen LogP contribution < -0.4 is 5.32 Å². The Kier molecular flexibility index (Phi) is 5.21. The number of nitrogens with zero attached hydrogens (tertiary/aromatic N) is 4. The first-order valence-corrected chi connectivity index (χ1v) is 9.86. The molecule has 4 rings (SSSR count). The molecule has 0 spiro atoms. The van der Waals surface area contributed by atoms with Gasteiger partial charge >= 0.3 is 0 Å². The average molecular weight is 415 g/mol. The molecule has 2 aromatic carbocycles. The van der Waals surface area contributed by atoms with Gasteiger partial charge in [0.15, 0.2) is 5.65 Å². The van der Waals surface area contributed by atoms with Crippen molar-refractivity contribution in [2.75, 3.05) is 5.32 Å². The van der Waals surface area contributed by atoms with E-state index in [-0.39, 0.29) is 17.6 Å². The standard InChI is InChI=1S/C23H21N5O3/c1-14(2)27-22-18(13-24-27)17(12-20(25-22)16-8-5-4-6-9-16)23(29)26-19-10-7-11-21(15(19)3)28(30)31/h4-14H,1-3H3,(H,26,29). The number of nitro benzene ring substituents is 1. The highest BCUT2D eigenvalue weighted by atomic mass is 16.6. The minimum atomic E-state index is -0.462. The van der Waals surface area contributed by atoms with Crippen LogP contribution in [0.15, 0.2) is 60.8 Å². The lowest BCUT2D eigenvalue weighted by Gasteiger charge is -2.12. The second kappa shape index (κ2) is 7.98. The van der Waals surface area contributed by atoms with E-state index in [1.54, 1.807) is 36.0 Å². The zero-order valence-corrected chi connectivity index (χ0v) is 17.4. The summed E-state index contributed by atoms with van der Waals surface area (Å²) in [6, 6.07) is 16.0. The smallest absolute Gasteiger partial charge is 0.274 e. The van der Waals surface area contributed by atoms with E-state index in [4.69, 9.17) is 4.98 Å². The van der Waals surface area contributed by atoms with Gasteiger partial charge in [-0.15, -0.1) is 0 Å². The van der Waals surface area contributed by atoms with E-state index in [0.717, 1.165) is 5.56 Å². The molecule has 0 atom stereocenters. The summed E-state index contributed by atoms with van der Waals surface area (Å²) < 4.78 is 1.77. The third-order valence-electron chi connectivity index (χ3n) is 5.12. The van der Waals surface area contributed by atoms with Crippen LogP contribution in [-0.4, -0.2) is 25.6 Å². The van der Waals surface area contributed by atoms with Crippen LogP contribution in [0.5, 0.6) is 0 Å². The number of fused-ring (bicyclic) bond motifs is 1. The van der Waals surface area contributed by atoms with Crippen molar-refractivity contribution in [2.24, 2.45) is 0 Å². The number of amides is 1. The topological polar surface area (TPSA) is 103 Å². The first-order valence-electron chi connectivity index (χ1n) is 9.86. The number of nitro groups is 1. The van der Waals surface area contributed by atoms with Crippen LogP contribution in [0.25, 0.3) is 22.3 Å². The van der Waals surface area contributed by atoms with Gasteiger partial charge in [-0.05, 0) is 32.9 Å². The van der Waals surface area contributed by atoms with E-state index in [1.165, 1.54) is 6.07 Å². The summed E-state index contributed by atoms with van der Waals surface area (Å²) in [5, 5.41) is 19.1. The summed E-state index contributed by atoms with van der Waals surface area (Å²) in [5.74, 6) is -0.378. The number of carbonyl (C=O) groups excluding carboxylic acids is 1. The first kappa shape index (κ1) is 20.2. The Labute approximate surface area is 178 Å². The number of benzene rings is 2. The molecule has 0 aliphatic rings. The van der Waals surface area contributed by atoms with Crippen LogP contribution in [0, 0.1) is 17.0 Å². The predicted molar refractivity (Wildman–Crippen MR) is 119 cm³/mol. The Morgan fingerprint density at radius 2 is 1.87 bits per heavy atom. The number of nitrogens with one attached hydrogen (secondary N) is 1. The van der Waals surface area contributed by atoms with E-state index in [9.17, 15) is 14.9 Å². The first-order chi connectivity index (χ1) is 14.9. The molecule has 0 saturated heterocycles. The molecule has 31 heavy (non-hydrogen) atoms. The maximum Gasteiger partial charge on any atom is 0.274 e. The third-order valence-corrected chi connectivity index (χ3v) is 5.12. The molecule has 8 nitrogen and oxygen atoms in total. The van der Waals surface area contributed by atoms with Crippen LogP contribution in [0.4, 0.5) is 11.4 Å². The third kappa shape index (κ3) is 3.75. The summed E-state index contributed by atoms with van der Waals surface area (Å²) in [6.07, 6.45) is 1.63. The summed E-state index contributed by atoms with van der Waals surface area (Å²) >= 11 is 0. The molecule has 0 radical (unpaired) electrons. The fourth-order valence-corrected chi connectivity index (χ4v) is 3.49. The molecular weight excluding hydrogens is 394 g/mol. The molecule has 2 heterocycles. The Hall–Kier alpha value is -4.07. The van der Waals surface area contributed by atoms with Gasteiger partial charge in [-0.1, -0.05) is 36.4 Å². The van der Waals surface area contributed by atoms with Gasteiger partial charge in [-0.25, -0.2) is 9.67 Å². The van der Waals surface area contributed by atoms with E-state index < -0.39 is 4.92 Å². The zero-order valence-electron chi connectivity index (χ0n) is 17.4. The Morgan fingerprint density at radius 1 is 1.13 bits per heavy atom. The molecule has 0 saturated carbocycles. The van der Waals surface area contributed by atoms with Crippen molar-refractivity contribution in [3.8, 4) is 11.3 Å². The monoisotopic (exact) mass is 415 g/mol. The largest absolute Gasteiger partial charge is 0.321 e. The minimum absolute atomic E-state index is 0.0460. The van der Waals surface area contributed by atoms with Crippen molar-refractivity contribution in [1.82, 2.24) is 14.8 Å². The molecule has 2 aromatic heterocycles. The lowest BCUT2D eigenvalue weighted by Crippen LogP contribution is -2.14. The highest BCUT2D eigenvalue weighted by molar-refractivity contribution is 6.13. The van der Waals surface area contributed by atoms with Crippen molar-refractivity contribution in [1.29, 1.82) is 0 Å². The fraction of sp³-hybridized carbons (Fsp3) is 0.174. The fourth-order valence-electron chi connectivity index (χ4n) is 3.49. The Balaban J connectivity index is 1.84. The molecule has 4 aromatic rings. The molecular formula is C23H21N5O3. The quantitative estimate of drug-likeness (QED) is 0.359. The average Bonchev–Trinajstić information content (AvgIpc) is 3.19. The summed E-state index contributed by atoms with van der Waals surface area (Å²) in [5.41, 5.74) is 3.28. The molecule has 156 valence electrons. The van der Waals surface area contributed by atoms with E-state index in [2.05, 4.69) is 10.4 Å². The number of anilines is 1. The van der Waals surface area contributed by atoms with Crippen LogP contribution in [-0.2, 0) is 0 Å². The van der Waals surface area contributed by atoms with Gasteiger partial charge in [-0.3, -0.25) is 14.9 Å². The molecule has 1 amide bonds. The van der Waals surface area contributed by atoms with Gasteiger partial charge < -0.3 is 5.32 Å². The zero-order chi connectivity index (χ0) is 22.1. The van der Waals surface area contributed by atoms with Crippen LogP contribution in [0.2, 0.25) is 0 Å². The molecule has 0 aliphatic carbocycles. The second-order valence-electron chi connectivity index (χ2n) is 7.50. The van der Waals surface area contributed by atoms with E-state index in [1.807, 2.05) is 44.2 Å². The molecule has 0 fully saturated rings.